The van der Waals surface area contributed by atoms with Gasteiger partial charge in [0.25, 0.3) is 5.69 Å². The Morgan fingerprint density at radius 1 is 1.11 bits per heavy atom. The number of nitrogens with one attached hydrogen (secondary N) is 3. The van der Waals surface area contributed by atoms with E-state index in [1.54, 1.807) is 37.3 Å². The molecule has 0 aliphatic rings. The summed E-state index contributed by atoms with van der Waals surface area (Å²) in [4.78, 5) is 33.7. The average molecular weight is 398 g/mol. The zero-order valence-corrected chi connectivity index (χ0v) is 15.8. The number of nitrogens with zero attached hydrogens (tertiary/aromatic N) is 1. The van der Waals surface area contributed by atoms with Gasteiger partial charge in [-0.05, 0) is 42.1 Å². The first-order valence-electron chi connectivity index (χ1n) is 8.32. The number of hydrogen-bond acceptors (Lipinski definition) is 5. The van der Waals surface area contributed by atoms with Crippen molar-refractivity contribution in [2.75, 3.05) is 10.6 Å². The zero-order valence-electron chi connectivity index (χ0n) is 15.0. The Balaban J connectivity index is 1.93. The topological polar surface area (TPSA) is 113 Å². The summed E-state index contributed by atoms with van der Waals surface area (Å²) >= 11 is 5.10. The van der Waals surface area contributed by atoms with E-state index in [4.69, 9.17) is 12.2 Å². The van der Waals surface area contributed by atoms with Gasteiger partial charge in [-0.15, -0.1) is 0 Å². The van der Waals surface area contributed by atoms with Crippen LogP contribution in [0.2, 0.25) is 0 Å². The molecule has 0 saturated heterocycles. The molecule has 0 unspecified atom stereocenters. The van der Waals surface area contributed by atoms with Crippen molar-refractivity contribution in [2.24, 2.45) is 0 Å². The lowest BCUT2D eigenvalue weighted by molar-refractivity contribution is -0.384. The second-order valence-corrected chi connectivity index (χ2v) is 6.02. The molecule has 0 aromatic heterocycles. The molecule has 2 rings (SSSR count). The highest BCUT2D eigenvalue weighted by molar-refractivity contribution is 7.80. The molecule has 2 aromatic carbocycles. The zero-order chi connectivity index (χ0) is 20.5. The van der Waals surface area contributed by atoms with Gasteiger partial charge in [0.1, 0.15) is 0 Å². The minimum Gasteiger partial charge on any atom is -0.332 e. The lowest BCUT2D eigenvalue weighted by atomic mass is 10.2. The Bertz CT molecular complexity index is 943. The minimum absolute atomic E-state index is 0.0604. The smallest absolute Gasteiger partial charge is 0.270 e. The normalized spacial score (nSPS) is 10.3. The monoisotopic (exact) mass is 398 g/mol. The Labute approximate surface area is 166 Å². The number of carbonyl (C=O) groups is 2. The van der Waals surface area contributed by atoms with Gasteiger partial charge < -0.3 is 10.6 Å². The average Bonchev–Trinajstić information content (AvgIpc) is 2.66. The van der Waals surface area contributed by atoms with E-state index in [0.717, 1.165) is 0 Å². The van der Waals surface area contributed by atoms with E-state index >= 15 is 0 Å². The highest BCUT2D eigenvalue weighted by Gasteiger charge is 2.06. The molecule has 0 radical (unpaired) electrons. The maximum atomic E-state index is 12.0. The maximum absolute atomic E-state index is 12.0. The second-order valence-electron chi connectivity index (χ2n) is 5.61. The van der Waals surface area contributed by atoms with Gasteiger partial charge in [0, 0.05) is 36.0 Å². The molecule has 3 N–H and O–H groups in total. The van der Waals surface area contributed by atoms with Crippen LogP contribution in [-0.2, 0) is 9.59 Å². The number of benzene rings is 2. The molecule has 2 amide bonds. The number of non-ortho nitro benzene ring substituents is 1. The third-order valence-corrected chi connectivity index (χ3v) is 3.67. The van der Waals surface area contributed by atoms with E-state index in [9.17, 15) is 19.7 Å². The summed E-state index contributed by atoms with van der Waals surface area (Å²) in [6.07, 6.45) is 3.04. The molecule has 9 heteroatoms. The number of carbonyl (C=O) groups excluding carboxylic acids is 2. The first kappa shape index (κ1) is 20.7. The number of anilines is 2. The van der Waals surface area contributed by atoms with Crippen molar-refractivity contribution in [3.63, 3.8) is 0 Å². The summed E-state index contributed by atoms with van der Waals surface area (Å²) in [5.41, 5.74) is 1.66. The molecule has 144 valence electrons. The number of hydrogen-bond donors (Lipinski definition) is 3. The summed E-state index contributed by atoms with van der Waals surface area (Å²) in [6.45, 7) is 1.75. The van der Waals surface area contributed by atoms with Crippen molar-refractivity contribution in [1.29, 1.82) is 0 Å². The third kappa shape index (κ3) is 6.61. The highest BCUT2D eigenvalue weighted by atomic mass is 32.1. The molecular formula is C19H18N4O4S. The van der Waals surface area contributed by atoms with Gasteiger partial charge in [0.2, 0.25) is 11.8 Å². The van der Waals surface area contributed by atoms with Crippen LogP contribution in [0, 0.1) is 10.1 Å². The fourth-order valence-corrected chi connectivity index (χ4v) is 2.37. The molecular weight excluding hydrogens is 380 g/mol. The van der Waals surface area contributed by atoms with E-state index in [1.165, 1.54) is 30.4 Å². The van der Waals surface area contributed by atoms with Crippen LogP contribution in [0.5, 0.6) is 0 Å². The van der Waals surface area contributed by atoms with E-state index in [-0.39, 0.29) is 16.7 Å². The Kier molecular flexibility index (Phi) is 7.35. The molecule has 0 fully saturated rings. The van der Waals surface area contributed by atoms with E-state index in [2.05, 4.69) is 16.0 Å². The van der Waals surface area contributed by atoms with Gasteiger partial charge >= 0.3 is 0 Å². The van der Waals surface area contributed by atoms with Crippen LogP contribution in [0.4, 0.5) is 17.1 Å². The standard InChI is InChI=1S/C19H18N4O4S/c1-2-17(24)20-14-6-4-7-15(12-14)21-19(28)22-18(25)10-9-13-5-3-8-16(11-13)23(26)27/h3-12H,2H2,1H3,(H,20,24)(H2,21,22,25,28). The molecule has 28 heavy (non-hydrogen) atoms. The third-order valence-electron chi connectivity index (χ3n) is 3.47. The SMILES string of the molecule is CCC(=O)Nc1cccc(NC(=S)NC(=O)C=Cc2cccc([N+](=O)[O-])c2)c1. The van der Waals surface area contributed by atoms with Crippen LogP contribution in [-0.4, -0.2) is 21.9 Å². The molecule has 0 aliphatic heterocycles. The molecule has 0 heterocycles. The van der Waals surface area contributed by atoms with Crippen LogP contribution in [0.25, 0.3) is 6.08 Å². The fraction of sp³-hybridized carbons (Fsp3) is 0.105. The first-order valence-corrected chi connectivity index (χ1v) is 8.72. The highest BCUT2D eigenvalue weighted by Crippen LogP contribution is 2.16. The maximum Gasteiger partial charge on any atom is 0.270 e. The predicted molar refractivity (Wildman–Crippen MR) is 112 cm³/mol. The molecule has 0 aliphatic carbocycles. The van der Waals surface area contributed by atoms with Crippen LogP contribution in [0.1, 0.15) is 18.9 Å². The van der Waals surface area contributed by atoms with Crippen molar-refractivity contribution in [3.8, 4) is 0 Å². The number of thiocarbonyl (C=S) groups is 1. The lowest BCUT2D eigenvalue weighted by Gasteiger charge is -2.10. The van der Waals surface area contributed by atoms with Gasteiger partial charge in [-0.2, -0.15) is 0 Å². The van der Waals surface area contributed by atoms with Gasteiger partial charge in [0.05, 0.1) is 4.92 Å². The molecule has 2 aromatic rings. The predicted octanol–water partition coefficient (Wildman–Crippen LogP) is 3.47. The summed E-state index contributed by atoms with van der Waals surface area (Å²) < 4.78 is 0. The largest absolute Gasteiger partial charge is 0.332 e. The van der Waals surface area contributed by atoms with Crippen LogP contribution < -0.4 is 16.0 Å². The van der Waals surface area contributed by atoms with Gasteiger partial charge in [0.15, 0.2) is 5.11 Å². The lowest BCUT2D eigenvalue weighted by Crippen LogP contribution is -2.32. The van der Waals surface area contributed by atoms with Gasteiger partial charge in [-0.25, -0.2) is 0 Å². The summed E-state index contributed by atoms with van der Waals surface area (Å²) in [7, 11) is 0. The number of rotatable bonds is 6. The summed E-state index contributed by atoms with van der Waals surface area (Å²) in [6, 6.07) is 12.8. The van der Waals surface area contributed by atoms with Crippen molar-refractivity contribution in [2.45, 2.75) is 13.3 Å². The van der Waals surface area contributed by atoms with Crippen LogP contribution in [0.15, 0.2) is 54.6 Å². The molecule has 0 bridgehead atoms. The Morgan fingerprint density at radius 3 is 2.46 bits per heavy atom. The van der Waals surface area contributed by atoms with Crippen LogP contribution >= 0.6 is 12.2 Å². The van der Waals surface area contributed by atoms with Crippen molar-refractivity contribution >= 4 is 52.3 Å². The number of nitro groups is 1. The van der Waals surface area contributed by atoms with E-state index in [0.29, 0.717) is 23.4 Å². The Morgan fingerprint density at radius 2 is 1.79 bits per heavy atom. The summed E-state index contributed by atoms with van der Waals surface area (Å²) in [5, 5.41) is 18.9. The first-order chi connectivity index (χ1) is 13.4. The Hall–Kier alpha value is -3.59. The molecule has 0 saturated carbocycles. The van der Waals surface area contributed by atoms with Gasteiger partial charge in [-0.3, -0.25) is 25.0 Å². The van der Waals surface area contributed by atoms with Crippen molar-refractivity contribution < 1.29 is 14.5 Å². The van der Waals surface area contributed by atoms with Crippen molar-refractivity contribution in [1.82, 2.24) is 5.32 Å². The van der Waals surface area contributed by atoms with Crippen LogP contribution in [0.3, 0.4) is 0 Å². The molecule has 8 nitrogen and oxygen atoms in total. The van der Waals surface area contributed by atoms with E-state index in [1.807, 2.05) is 0 Å². The number of nitro benzene ring substituents is 1. The second kappa shape index (κ2) is 9.93. The fourth-order valence-electron chi connectivity index (χ4n) is 2.15. The van der Waals surface area contributed by atoms with Gasteiger partial charge in [-0.1, -0.05) is 25.1 Å². The van der Waals surface area contributed by atoms with E-state index < -0.39 is 10.8 Å². The summed E-state index contributed by atoms with van der Waals surface area (Å²) in [5.74, 6) is -0.598. The molecule has 0 spiro atoms. The number of amides is 2. The molecule has 0 atom stereocenters. The van der Waals surface area contributed by atoms with Crippen molar-refractivity contribution in [3.05, 3.63) is 70.3 Å². The quantitative estimate of drug-likeness (QED) is 0.297. The minimum atomic E-state index is -0.506.